The largest absolute Gasteiger partial charge is 0.507 e. The summed E-state index contributed by atoms with van der Waals surface area (Å²) in [6.45, 7) is 6.36. The van der Waals surface area contributed by atoms with Gasteiger partial charge in [-0.3, -0.25) is 14.5 Å². The summed E-state index contributed by atoms with van der Waals surface area (Å²) < 4.78 is 16.9. The number of aliphatic hydroxyl groups excluding tert-OH is 1. The van der Waals surface area contributed by atoms with Gasteiger partial charge in [0.1, 0.15) is 28.7 Å². The highest BCUT2D eigenvalue weighted by Crippen LogP contribution is 2.44. The van der Waals surface area contributed by atoms with E-state index < -0.39 is 23.7 Å². The normalized spacial score (nSPS) is 15.8. The minimum atomic E-state index is -1.05. The highest BCUT2D eigenvalue weighted by atomic mass is 32.1. The molecule has 1 amide bonds. The first-order valence-electron chi connectivity index (χ1n) is 14.3. The van der Waals surface area contributed by atoms with Gasteiger partial charge in [-0.15, -0.1) is 0 Å². The molecule has 1 aliphatic heterocycles. The van der Waals surface area contributed by atoms with Gasteiger partial charge < -0.3 is 19.3 Å². The average molecular weight is 613 g/mol. The number of benzene rings is 3. The minimum Gasteiger partial charge on any atom is -0.507 e. The van der Waals surface area contributed by atoms with Crippen molar-refractivity contribution in [3.63, 3.8) is 0 Å². The van der Waals surface area contributed by atoms with Gasteiger partial charge in [0.05, 0.1) is 30.5 Å². The third-order valence-electron chi connectivity index (χ3n) is 6.92. The third-order valence-corrected chi connectivity index (χ3v) is 8.06. The van der Waals surface area contributed by atoms with Crippen molar-refractivity contribution in [2.45, 2.75) is 39.8 Å². The number of thiazole rings is 1. The first-order chi connectivity index (χ1) is 21.3. The predicted octanol–water partition coefficient (Wildman–Crippen LogP) is 6.62. The van der Waals surface area contributed by atoms with Gasteiger partial charge in [-0.1, -0.05) is 60.7 Å². The Hall–Kier alpha value is -4.96. The SMILES string of the molecule is CCCOc1ccc(C(O)=C2C(=O)C(=O)N(c3nc(C)c(C(=O)OCC)s3)C2c2cccc(OCc3ccccc3)c2)cc1. The van der Waals surface area contributed by atoms with Gasteiger partial charge in [-0.2, -0.15) is 0 Å². The molecule has 1 aromatic heterocycles. The summed E-state index contributed by atoms with van der Waals surface area (Å²) in [6, 6.07) is 22.3. The summed E-state index contributed by atoms with van der Waals surface area (Å²) in [4.78, 5) is 45.8. The summed E-state index contributed by atoms with van der Waals surface area (Å²) in [5.41, 5.74) is 2.09. The van der Waals surface area contributed by atoms with Gasteiger partial charge >= 0.3 is 11.9 Å². The number of Topliss-reactive ketones (excluding diaryl/α,β-unsaturated/α-hetero) is 1. The lowest BCUT2D eigenvalue weighted by molar-refractivity contribution is -0.132. The molecule has 9 nitrogen and oxygen atoms in total. The van der Waals surface area contributed by atoms with Crippen molar-refractivity contribution in [3.05, 3.63) is 112 Å². The molecule has 226 valence electrons. The first-order valence-corrected chi connectivity index (χ1v) is 15.1. The smallest absolute Gasteiger partial charge is 0.350 e. The number of aliphatic hydroxyl groups is 1. The molecule has 0 bridgehead atoms. The van der Waals surface area contributed by atoms with Crippen molar-refractivity contribution in [3.8, 4) is 11.5 Å². The number of ether oxygens (including phenoxy) is 3. The molecule has 0 spiro atoms. The van der Waals surface area contributed by atoms with E-state index in [2.05, 4.69) is 4.98 Å². The molecule has 1 fully saturated rings. The quantitative estimate of drug-likeness (QED) is 0.0870. The van der Waals surface area contributed by atoms with E-state index in [-0.39, 0.29) is 27.9 Å². The molecule has 0 aliphatic carbocycles. The molecular weight excluding hydrogens is 580 g/mol. The molecule has 1 aliphatic rings. The number of hydrogen-bond donors (Lipinski definition) is 1. The second kappa shape index (κ2) is 13.6. The molecule has 2 heterocycles. The van der Waals surface area contributed by atoms with Crippen molar-refractivity contribution < 1.29 is 33.7 Å². The van der Waals surface area contributed by atoms with E-state index in [0.717, 1.165) is 23.3 Å². The fourth-order valence-corrected chi connectivity index (χ4v) is 5.80. The number of anilines is 1. The van der Waals surface area contributed by atoms with Crippen LogP contribution in [0.3, 0.4) is 0 Å². The fourth-order valence-electron chi connectivity index (χ4n) is 4.82. The number of carbonyl (C=O) groups is 3. The Labute approximate surface area is 259 Å². The van der Waals surface area contributed by atoms with E-state index in [1.165, 1.54) is 4.90 Å². The monoisotopic (exact) mass is 612 g/mol. The number of amides is 1. The Bertz CT molecular complexity index is 1700. The number of esters is 1. The zero-order chi connectivity index (χ0) is 31.2. The van der Waals surface area contributed by atoms with E-state index in [1.54, 1.807) is 62.4 Å². The van der Waals surface area contributed by atoms with Crippen LogP contribution < -0.4 is 14.4 Å². The molecule has 1 atom stereocenters. The van der Waals surface area contributed by atoms with Crippen LogP contribution in [0.1, 0.15) is 58.4 Å². The van der Waals surface area contributed by atoms with Crippen LogP contribution in [0.2, 0.25) is 0 Å². The maximum Gasteiger partial charge on any atom is 0.350 e. The summed E-state index contributed by atoms with van der Waals surface area (Å²) in [5.74, 6) is -1.53. The van der Waals surface area contributed by atoms with E-state index in [9.17, 15) is 19.5 Å². The standard InChI is InChI=1S/C34H32N2O7S/c1-4-18-42-25-16-14-23(15-17-25)29(37)27-28(24-12-9-13-26(19-24)43-20-22-10-7-6-8-11-22)36(32(39)30(27)38)34-35-21(3)31(44-34)33(40)41-5-2/h6-17,19,28,37H,4-5,18,20H2,1-3H3. The van der Waals surface area contributed by atoms with Gasteiger partial charge in [-0.25, -0.2) is 9.78 Å². The second-order valence-electron chi connectivity index (χ2n) is 10.0. The second-order valence-corrected chi connectivity index (χ2v) is 11.0. The van der Waals surface area contributed by atoms with E-state index in [1.807, 2.05) is 37.3 Å². The number of aryl methyl sites for hydroxylation is 1. The van der Waals surface area contributed by atoms with Crippen LogP contribution in [0.15, 0.2) is 84.4 Å². The zero-order valence-electron chi connectivity index (χ0n) is 24.6. The molecule has 44 heavy (non-hydrogen) atoms. The number of hydrogen-bond acceptors (Lipinski definition) is 9. The van der Waals surface area contributed by atoms with Gasteiger partial charge in [-0.05, 0) is 67.8 Å². The van der Waals surface area contributed by atoms with Gasteiger partial charge in [0.2, 0.25) is 0 Å². The fraction of sp³-hybridized carbons (Fsp3) is 0.235. The topological polar surface area (TPSA) is 115 Å². The van der Waals surface area contributed by atoms with Crippen LogP contribution in [0.25, 0.3) is 5.76 Å². The van der Waals surface area contributed by atoms with E-state index in [0.29, 0.717) is 41.5 Å². The molecule has 3 aromatic carbocycles. The molecule has 5 rings (SSSR count). The van der Waals surface area contributed by atoms with E-state index >= 15 is 0 Å². The summed E-state index contributed by atoms with van der Waals surface area (Å²) in [6.07, 6.45) is 0.841. The van der Waals surface area contributed by atoms with Crippen molar-refractivity contribution >= 4 is 39.9 Å². The average Bonchev–Trinajstić information content (AvgIpc) is 3.55. The molecule has 10 heteroatoms. The number of aromatic nitrogens is 1. The predicted molar refractivity (Wildman–Crippen MR) is 167 cm³/mol. The van der Waals surface area contributed by atoms with Crippen LogP contribution in [0.4, 0.5) is 5.13 Å². The molecular formula is C34H32N2O7S. The van der Waals surface area contributed by atoms with E-state index in [4.69, 9.17) is 14.2 Å². The lowest BCUT2D eigenvalue weighted by atomic mass is 9.95. The third kappa shape index (κ3) is 6.35. The number of ketones is 1. The summed E-state index contributed by atoms with van der Waals surface area (Å²) in [7, 11) is 0. The molecule has 0 radical (unpaired) electrons. The zero-order valence-corrected chi connectivity index (χ0v) is 25.4. The van der Waals surface area contributed by atoms with Gasteiger partial charge in [0.25, 0.3) is 5.78 Å². The number of rotatable bonds is 11. The van der Waals surface area contributed by atoms with Crippen molar-refractivity contribution in [1.82, 2.24) is 4.98 Å². The molecule has 0 saturated carbocycles. The van der Waals surface area contributed by atoms with Crippen molar-refractivity contribution in [2.24, 2.45) is 0 Å². The maximum absolute atomic E-state index is 13.7. The van der Waals surface area contributed by atoms with Gasteiger partial charge in [0.15, 0.2) is 5.13 Å². The Morgan fingerprint density at radius 2 is 1.70 bits per heavy atom. The van der Waals surface area contributed by atoms with Crippen LogP contribution in [0, 0.1) is 6.92 Å². The highest BCUT2D eigenvalue weighted by Gasteiger charge is 2.48. The lowest BCUT2D eigenvalue weighted by Crippen LogP contribution is -2.29. The van der Waals surface area contributed by atoms with Crippen molar-refractivity contribution in [2.75, 3.05) is 18.1 Å². The Morgan fingerprint density at radius 1 is 0.955 bits per heavy atom. The number of carbonyl (C=O) groups excluding carboxylic acids is 3. The lowest BCUT2D eigenvalue weighted by Gasteiger charge is -2.23. The number of nitrogens with zero attached hydrogens (tertiary/aromatic N) is 2. The molecule has 1 N–H and O–H groups in total. The highest BCUT2D eigenvalue weighted by molar-refractivity contribution is 7.17. The Morgan fingerprint density at radius 3 is 2.41 bits per heavy atom. The Balaban J connectivity index is 1.59. The summed E-state index contributed by atoms with van der Waals surface area (Å²) >= 11 is 0.955. The Kier molecular flexibility index (Phi) is 9.40. The van der Waals surface area contributed by atoms with Crippen LogP contribution in [-0.4, -0.2) is 41.0 Å². The van der Waals surface area contributed by atoms with Gasteiger partial charge in [0, 0.05) is 5.56 Å². The minimum absolute atomic E-state index is 0.108. The van der Waals surface area contributed by atoms with Crippen LogP contribution >= 0.6 is 11.3 Å². The molecule has 4 aromatic rings. The maximum atomic E-state index is 13.7. The van der Waals surface area contributed by atoms with Crippen LogP contribution in [-0.2, 0) is 20.9 Å². The first kappa shape index (κ1) is 30.5. The summed E-state index contributed by atoms with van der Waals surface area (Å²) in [5, 5.41) is 11.7. The van der Waals surface area contributed by atoms with Crippen LogP contribution in [0.5, 0.6) is 11.5 Å². The van der Waals surface area contributed by atoms with Crippen molar-refractivity contribution in [1.29, 1.82) is 0 Å². The molecule has 1 unspecified atom stereocenters. The molecule has 1 saturated heterocycles.